The van der Waals surface area contributed by atoms with Crippen LogP contribution in [0, 0.1) is 5.82 Å². The number of carbonyl (C=O) groups excluding carboxylic acids is 2. The number of hydrogen-bond acceptors (Lipinski definition) is 6. The predicted molar refractivity (Wildman–Crippen MR) is 116 cm³/mol. The summed E-state index contributed by atoms with van der Waals surface area (Å²) >= 11 is 0. The van der Waals surface area contributed by atoms with E-state index in [1.54, 1.807) is 41.3 Å². The Hall–Kier alpha value is -3.59. The molecule has 0 aliphatic carbocycles. The van der Waals surface area contributed by atoms with Crippen molar-refractivity contribution in [1.82, 2.24) is 10.2 Å². The first-order valence-electron chi connectivity index (χ1n) is 10.3. The molecular formula is C23H24FN3O5. The molecule has 0 bridgehead atoms. The first kappa shape index (κ1) is 21.6. The summed E-state index contributed by atoms with van der Waals surface area (Å²) in [4.78, 5) is 28.8. The van der Waals surface area contributed by atoms with Gasteiger partial charge >= 0.3 is 0 Å². The lowest BCUT2D eigenvalue weighted by atomic mass is 10.1. The summed E-state index contributed by atoms with van der Waals surface area (Å²) in [7, 11) is 0. The Morgan fingerprint density at radius 2 is 1.78 bits per heavy atom. The van der Waals surface area contributed by atoms with Crippen molar-refractivity contribution in [2.45, 2.75) is 6.04 Å². The van der Waals surface area contributed by atoms with Crippen molar-refractivity contribution in [2.24, 2.45) is 0 Å². The first-order valence-corrected chi connectivity index (χ1v) is 10.3. The van der Waals surface area contributed by atoms with Crippen LogP contribution >= 0.6 is 0 Å². The molecule has 0 spiro atoms. The summed E-state index contributed by atoms with van der Waals surface area (Å²) in [6, 6.07) is 10.5. The molecule has 32 heavy (non-hydrogen) atoms. The molecule has 9 heteroatoms. The highest BCUT2D eigenvalue weighted by Crippen LogP contribution is 2.32. The van der Waals surface area contributed by atoms with Crippen molar-refractivity contribution in [1.29, 1.82) is 0 Å². The second-order valence-electron chi connectivity index (χ2n) is 7.48. The molecule has 0 saturated carbocycles. The van der Waals surface area contributed by atoms with Gasteiger partial charge in [0, 0.05) is 37.9 Å². The number of fused-ring (bicyclic) bond motifs is 1. The largest absolute Gasteiger partial charge is 0.454 e. The molecule has 2 heterocycles. The molecule has 1 unspecified atom stereocenters. The minimum atomic E-state index is -1.03. The lowest BCUT2D eigenvalue weighted by Crippen LogP contribution is -2.56. The van der Waals surface area contributed by atoms with E-state index < -0.39 is 18.6 Å². The van der Waals surface area contributed by atoms with Gasteiger partial charge < -0.3 is 29.7 Å². The van der Waals surface area contributed by atoms with Crippen LogP contribution in [0.25, 0.3) is 6.08 Å². The van der Waals surface area contributed by atoms with Gasteiger partial charge in [0.1, 0.15) is 11.9 Å². The minimum absolute atomic E-state index is 0.168. The number of nitrogens with one attached hydrogen (secondary N) is 1. The van der Waals surface area contributed by atoms with Crippen molar-refractivity contribution < 1.29 is 28.6 Å². The topological polar surface area (TPSA) is 91.3 Å². The third-order valence-corrected chi connectivity index (χ3v) is 5.40. The van der Waals surface area contributed by atoms with Crippen molar-refractivity contribution in [3.05, 3.63) is 59.9 Å². The number of nitrogens with zero attached hydrogens (tertiary/aromatic N) is 2. The molecule has 2 aromatic carbocycles. The predicted octanol–water partition coefficient (Wildman–Crippen LogP) is 1.39. The quantitative estimate of drug-likeness (QED) is 0.659. The van der Waals surface area contributed by atoms with Gasteiger partial charge in [-0.05, 0) is 48.0 Å². The van der Waals surface area contributed by atoms with Crippen LogP contribution in [0.15, 0.2) is 48.5 Å². The van der Waals surface area contributed by atoms with Crippen LogP contribution in [0.3, 0.4) is 0 Å². The molecule has 2 amide bonds. The Kier molecular flexibility index (Phi) is 6.55. The maximum Gasteiger partial charge on any atom is 0.247 e. The number of benzene rings is 2. The summed E-state index contributed by atoms with van der Waals surface area (Å²) < 4.78 is 23.7. The zero-order valence-electron chi connectivity index (χ0n) is 17.4. The lowest BCUT2D eigenvalue weighted by Gasteiger charge is -2.37. The molecule has 2 N–H and O–H groups in total. The fraction of sp³-hybridized carbons (Fsp3) is 0.304. The van der Waals surface area contributed by atoms with E-state index in [0.29, 0.717) is 37.7 Å². The van der Waals surface area contributed by atoms with Crippen LogP contribution in [0.5, 0.6) is 11.5 Å². The molecule has 0 radical (unpaired) electrons. The minimum Gasteiger partial charge on any atom is -0.454 e. The Morgan fingerprint density at radius 3 is 2.50 bits per heavy atom. The van der Waals surface area contributed by atoms with E-state index in [-0.39, 0.29) is 18.5 Å². The fourth-order valence-electron chi connectivity index (χ4n) is 3.65. The standard InChI is InChI=1S/C23H24FN3O5/c24-17-3-5-18(6-4-17)26-9-11-27(12-10-26)23(30)19(14-28)25-22(29)8-2-16-1-7-20-21(13-16)32-15-31-20/h1-8,13,19,28H,9-12,14-15H2,(H,25,29). The van der Waals surface area contributed by atoms with Crippen molar-refractivity contribution in [3.8, 4) is 11.5 Å². The number of carbonyl (C=O) groups is 2. The van der Waals surface area contributed by atoms with Gasteiger partial charge in [0.25, 0.3) is 0 Å². The van der Waals surface area contributed by atoms with E-state index in [9.17, 15) is 19.1 Å². The van der Waals surface area contributed by atoms with E-state index in [1.165, 1.54) is 18.2 Å². The molecule has 2 aliphatic heterocycles. The number of aliphatic hydroxyl groups excluding tert-OH is 1. The number of piperazine rings is 1. The molecule has 2 aromatic rings. The van der Waals surface area contributed by atoms with E-state index in [2.05, 4.69) is 10.2 Å². The average molecular weight is 441 g/mol. The third kappa shape index (κ3) is 5.00. The van der Waals surface area contributed by atoms with Gasteiger partial charge in [-0.25, -0.2) is 4.39 Å². The molecule has 1 fully saturated rings. The van der Waals surface area contributed by atoms with Crippen molar-refractivity contribution in [2.75, 3.05) is 44.5 Å². The first-order chi connectivity index (χ1) is 15.5. The maximum atomic E-state index is 13.1. The fourth-order valence-corrected chi connectivity index (χ4v) is 3.65. The smallest absolute Gasteiger partial charge is 0.247 e. The molecule has 8 nitrogen and oxygen atoms in total. The van der Waals surface area contributed by atoms with E-state index in [4.69, 9.17) is 9.47 Å². The van der Waals surface area contributed by atoms with Crippen LogP contribution in [0.2, 0.25) is 0 Å². The number of rotatable bonds is 6. The van der Waals surface area contributed by atoms with Crippen LogP contribution in [0.1, 0.15) is 5.56 Å². The van der Waals surface area contributed by atoms with Crippen molar-refractivity contribution in [3.63, 3.8) is 0 Å². The highest BCUT2D eigenvalue weighted by molar-refractivity contribution is 5.95. The van der Waals surface area contributed by atoms with Crippen LogP contribution in [0.4, 0.5) is 10.1 Å². The second kappa shape index (κ2) is 9.69. The highest BCUT2D eigenvalue weighted by Gasteiger charge is 2.28. The molecule has 4 rings (SSSR count). The molecule has 0 aromatic heterocycles. The third-order valence-electron chi connectivity index (χ3n) is 5.40. The number of hydrogen-bond donors (Lipinski definition) is 2. The van der Waals surface area contributed by atoms with Crippen LogP contribution in [-0.4, -0.2) is 67.4 Å². The number of halogens is 1. The summed E-state index contributed by atoms with van der Waals surface area (Å²) in [5, 5.41) is 12.2. The molecular weight excluding hydrogens is 417 g/mol. The molecule has 1 saturated heterocycles. The lowest BCUT2D eigenvalue weighted by molar-refractivity contribution is -0.137. The summed E-state index contributed by atoms with van der Waals surface area (Å²) in [5.74, 6) is 0.139. The highest BCUT2D eigenvalue weighted by atomic mass is 19.1. The summed E-state index contributed by atoms with van der Waals surface area (Å²) in [6.07, 6.45) is 2.90. The van der Waals surface area contributed by atoms with Gasteiger partial charge in [-0.2, -0.15) is 0 Å². The van der Waals surface area contributed by atoms with Crippen molar-refractivity contribution >= 4 is 23.6 Å². The van der Waals surface area contributed by atoms with E-state index in [0.717, 1.165) is 11.3 Å². The van der Waals surface area contributed by atoms with Gasteiger partial charge in [0.2, 0.25) is 18.6 Å². The van der Waals surface area contributed by atoms with Gasteiger partial charge in [-0.3, -0.25) is 9.59 Å². The summed E-state index contributed by atoms with van der Waals surface area (Å²) in [5.41, 5.74) is 1.63. The van der Waals surface area contributed by atoms with Gasteiger partial charge in [-0.15, -0.1) is 0 Å². The molecule has 168 valence electrons. The number of ether oxygens (including phenoxy) is 2. The molecule has 1 atom stereocenters. The molecule has 2 aliphatic rings. The monoisotopic (exact) mass is 441 g/mol. The van der Waals surface area contributed by atoms with Gasteiger partial charge in [0.05, 0.1) is 6.61 Å². The van der Waals surface area contributed by atoms with E-state index >= 15 is 0 Å². The zero-order chi connectivity index (χ0) is 22.5. The average Bonchev–Trinajstić information content (AvgIpc) is 3.29. The van der Waals surface area contributed by atoms with Gasteiger partial charge in [0.15, 0.2) is 11.5 Å². The van der Waals surface area contributed by atoms with Crippen LogP contribution in [-0.2, 0) is 9.59 Å². The summed E-state index contributed by atoms with van der Waals surface area (Å²) in [6.45, 7) is 1.70. The normalized spacial score (nSPS) is 16.3. The number of amides is 2. The number of anilines is 1. The Morgan fingerprint density at radius 1 is 1.06 bits per heavy atom. The maximum absolute atomic E-state index is 13.1. The van der Waals surface area contributed by atoms with Crippen LogP contribution < -0.4 is 19.7 Å². The zero-order valence-corrected chi connectivity index (χ0v) is 17.4. The Labute approximate surface area is 184 Å². The van der Waals surface area contributed by atoms with E-state index in [1.807, 2.05) is 0 Å². The second-order valence-corrected chi connectivity index (χ2v) is 7.48. The number of aliphatic hydroxyl groups is 1. The Balaban J connectivity index is 1.30. The Bertz CT molecular complexity index is 1000. The van der Waals surface area contributed by atoms with Gasteiger partial charge in [-0.1, -0.05) is 6.07 Å². The SMILES string of the molecule is O=C(C=Cc1ccc2c(c1)OCO2)NC(CO)C(=O)N1CCN(c2ccc(F)cc2)CC1.